The number of carbonyl (C=O) groups is 3. The summed E-state index contributed by atoms with van der Waals surface area (Å²) in [5.41, 5.74) is 4.60. The van der Waals surface area contributed by atoms with E-state index in [0.29, 0.717) is 24.3 Å². The summed E-state index contributed by atoms with van der Waals surface area (Å²) >= 11 is 0. The third-order valence-electron chi connectivity index (χ3n) is 3.78. The molecule has 22 heavy (non-hydrogen) atoms. The quantitative estimate of drug-likeness (QED) is 0.698. The molecule has 1 aliphatic rings. The van der Waals surface area contributed by atoms with Gasteiger partial charge in [0.25, 0.3) is 5.91 Å². The van der Waals surface area contributed by atoms with Crippen LogP contribution in [0.2, 0.25) is 0 Å². The van der Waals surface area contributed by atoms with Gasteiger partial charge in [-0.15, -0.1) is 0 Å². The van der Waals surface area contributed by atoms with Crippen molar-refractivity contribution in [2.24, 2.45) is 11.1 Å². The van der Waals surface area contributed by atoms with E-state index in [2.05, 4.69) is 5.32 Å². The second-order valence-corrected chi connectivity index (χ2v) is 5.44. The Morgan fingerprint density at radius 1 is 1.23 bits per heavy atom. The number of amides is 2. The predicted molar refractivity (Wildman–Crippen MR) is 78.3 cm³/mol. The van der Waals surface area contributed by atoms with E-state index < -0.39 is 17.3 Å². The van der Waals surface area contributed by atoms with Gasteiger partial charge in [-0.25, -0.2) is 0 Å². The SMILES string of the molecule is NC(=O)COc1ccc(NC(=O)CC2(C(=O)O)CCC2)cc1. The van der Waals surface area contributed by atoms with Crippen molar-refractivity contribution in [1.82, 2.24) is 0 Å². The van der Waals surface area contributed by atoms with Gasteiger partial charge >= 0.3 is 5.97 Å². The summed E-state index contributed by atoms with van der Waals surface area (Å²) in [6.45, 7) is -0.215. The minimum Gasteiger partial charge on any atom is -0.484 e. The molecule has 0 heterocycles. The number of aliphatic carboxylic acids is 1. The number of carboxylic acids is 1. The molecule has 118 valence electrons. The maximum absolute atomic E-state index is 12.0. The molecule has 0 radical (unpaired) electrons. The number of carbonyl (C=O) groups excluding carboxylic acids is 2. The zero-order chi connectivity index (χ0) is 16.2. The van der Waals surface area contributed by atoms with Crippen molar-refractivity contribution < 1.29 is 24.2 Å². The highest BCUT2D eigenvalue weighted by atomic mass is 16.5. The number of benzene rings is 1. The molecule has 0 aromatic heterocycles. The largest absolute Gasteiger partial charge is 0.484 e. The predicted octanol–water partition coefficient (Wildman–Crippen LogP) is 1.13. The number of hydrogen-bond donors (Lipinski definition) is 3. The second-order valence-electron chi connectivity index (χ2n) is 5.44. The molecule has 0 bridgehead atoms. The van der Waals surface area contributed by atoms with Crippen LogP contribution in [0.5, 0.6) is 5.75 Å². The summed E-state index contributed by atoms with van der Waals surface area (Å²) in [7, 11) is 0. The molecule has 1 saturated carbocycles. The van der Waals surface area contributed by atoms with Crippen LogP contribution in [-0.4, -0.2) is 29.5 Å². The van der Waals surface area contributed by atoms with Gasteiger partial charge in [0.15, 0.2) is 6.61 Å². The summed E-state index contributed by atoms with van der Waals surface area (Å²) in [5.74, 6) is -1.35. The molecule has 0 atom stereocenters. The molecular weight excluding hydrogens is 288 g/mol. The molecule has 2 amide bonds. The second kappa shape index (κ2) is 6.46. The maximum Gasteiger partial charge on any atom is 0.310 e. The van der Waals surface area contributed by atoms with E-state index in [1.165, 1.54) is 0 Å². The third kappa shape index (κ3) is 3.75. The fraction of sp³-hybridized carbons (Fsp3) is 0.400. The lowest BCUT2D eigenvalue weighted by Crippen LogP contribution is -2.41. The monoisotopic (exact) mass is 306 g/mol. The van der Waals surface area contributed by atoms with Crippen LogP contribution >= 0.6 is 0 Å². The number of rotatable bonds is 7. The van der Waals surface area contributed by atoms with Gasteiger partial charge in [-0.2, -0.15) is 0 Å². The highest BCUT2D eigenvalue weighted by Crippen LogP contribution is 2.44. The standard InChI is InChI=1S/C15H18N2O5/c16-12(18)9-22-11-4-2-10(3-5-11)17-13(19)8-15(14(20)21)6-1-7-15/h2-5H,1,6-9H2,(H2,16,18)(H,17,19)(H,20,21). The smallest absolute Gasteiger partial charge is 0.310 e. The van der Waals surface area contributed by atoms with Gasteiger partial charge in [0.2, 0.25) is 5.91 Å². The van der Waals surface area contributed by atoms with Crippen molar-refractivity contribution in [3.63, 3.8) is 0 Å². The number of ether oxygens (including phenoxy) is 1. The number of hydrogen-bond acceptors (Lipinski definition) is 4. The van der Waals surface area contributed by atoms with Crippen molar-refractivity contribution in [2.75, 3.05) is 11.9 Å². The molecule has 4 N–H and O–H groups in total. The van der Waals surface area contributed by atoms with E-state index in [1.54, 1.807) is 24.3 Å². The lowest BCUT2D eigenvalue weighted by atomic mass is 9.66. The van der Waals surface area contributed by atoms with E-state index in [4.69, 9.17) is 10.5 Å². The fourth-order valence-electron chi connectivity index (χ4n) is 2.37. The highest BCUT2D eigenvalue weighted by Gasteiger charge is 2.45. The Hall–Kier alpha value is -2.57. The summed E-state index contributed by atoms with van der Waals surface area (Å²) < 4.78 is 5.10. The first-order valence-corrected chi connectivity index (χ1v) is 6.96. The number of nitrogens with two attached hydrogens (primary N) is 1. The molecule has 1 fully saturated rings. The Kier molecular flexibility index (Phi) is 4.65. The van der Waals surface area contributed by atoms with Crippen molar-refractivity contribution in [3.05, 3.63) is 24.3 Å². The van der Waals surface area contributed by atoms with Crippen LogP contribution < -0.4 is 15.8 Å². The highest BCUT2D eigenvalue weighted by molar-refractivity contribution is 5.94. The van der Waals surface area contributed by atoms with Gasteiger partial charge < -0.3 is 20.9 Å². The molecule has 0 unspecified atom stereocenters. The average molecular weight is 306 g/mol. The van der Waals surface area contributed by atoms with Crippen LogP contribution in [0.25, 0.3) is 0 Å². The molecule has 1 aliphatic carbocycles. The number of anilines is 1. The van der Waals surface area contributed by atoms with E-state index >= 15 is 0 Å². The summed E-state index contributed by atoms with van der Waals surface area (Å²) in [5, 5.41) is 11.9. The van der Waals surface area contributed by atoms with Crippen LogP contribution in [-0.2, 0) is 14.4 Å². The summed E-state index contributed by atoms with van der Waals surface area (Å²) in [6, 6.07) is 6.41. The van der Waals surface area contributed by atoms with Crippen LogP contribution in [0, 0.1) is 5.41 Å². The van der Waals surface area contributed by atoms with E-state index in [0.717, 1.165) is 6.42 Å². The van der Waals surface area contributed by atoms with Crippen molar-refractivity contribution >= 4 is 23.5 Å². The zero-order valence-corrected chi connectivity index (χ0v) is 12.0. The molecule has 1 aromatic rings. The minimum absolute atomic E-state index is 0.0255. The Morgan fingerprint density at radius 2 is 1.86 bits per heavy atom. The Bertz CT molecular complexity index is 578. The van der Waals surface area contributed by atoms with E-state index in [-0.39, 0.29) is 18.9 Å². The molecule has 7 nitrogen and oxygen atoms in total. The van der Waals surface area contributed by atoms with Crippen molar-refractivity contribution in [1.29, 1.82) is 0 Å². The molecule has 0 spiro atoms. The number of nitrogens with one attached hydrogen (secondary N) is 1. The van der Waals surface area contributed by atoms with Crippen LogP contribution in [0.1, 0.15) is 25.7 Å². The van der Waals surface area contributed by atoms with Gasteiger partial charge in [-0.3, -0.25) is 14.4 Å². The van der Waals surface area contributed by atoms with E-state index in [9.17, 15) is 19.5 Å². The molecule has 2 rings (SSSR count). The van der Waals surface area contributed by atoms with Gasteiger partial charge in [0, 0.05) is 12.1 Å². The zero-order valence-electron chi connectivity index (χ0n) is 12.0. The Morgan fingerprint density at radius 3 is 2.32 bits per heavy atom. The molecule has 0 aliphatic heterocycles. The molecule has 7 heteroatoms. The maximum atomic E-state index is 12.0. The van der Waals surface area contributed by atoms with Gasteiger partial charge in [0.05, 0.1) is 5.41 Å². The Labute approximate surface area is 127 Å². The first-order valence-electron chi connectivity index (χ1n) is 6.96. The van der Waals surface area contributed by atoms with Gasteiger partial charge in [-0.05, 0) is 37.1 Å². The van der Waals surface area contributed by atoms with Gasteiger partial charge in [0.1, 0.15) is 5.75 Å². The fourth-order valence-corrected chi connectivity index (χ4v) is 2.37. The average Bonchev–Trinajstić information content (AvgIpc) is 2.41. The molecular formula is C15H18N2O5. The van der Waals surface area contributed by atoms with Crippen LogP contribution in [0.3, 0.4) is 0 Å². The Balaban J connectivity index is 1.89. The van der Waals surface area contributed by atoms with Crippen molar-refractivity contribution in [2.45, 2.75) is 25.7 Å². The first kappa shape index (κ1) is 15.8. The summed E-state index contributed by atoms with van der Waals surface area (Å²) in [4.78, 5) is 33.8. The number of primary amides is 1. The lowest BCUT2D eigenvalue weighted by Gasteiger charge is -2.36. The summed E-state index contributed by atoms with van der Waals surface area (Å²) in [6.07, 6.45) is 1.89. The lowest BCUT2D eigenvalue weighted by molar-refractivity contribution is -0.157. The van der Waals surface area contributed by atoms with E-state index in [1.807, 2.05) is 0 Å². The van der Waals surface area contributed by atoms with Crippen LogP contribution in [0.4, 0.5) is 5.69 Å². The number of carboxylic acid groups (broad SMARTS) is 1. The molecule has 0 saturated heterocycles. The first-order chi connectivity index (χ1) is 10.4. The normalized spacial score (nSPS) is 15.5. The molecule has 1 aromatic carbocycles. The van der Waals surface area contributed by atoms with Gasteiger partial charge in [-0.1, -0.05) is 6.42 Å². The van der Waals surface area contributed by atoms with Crippen molar-refractivity contribution in [3.8, 4) is 5.75 Å². The van der Waals surface area contributed by atoms with Crippen LogP contribution in [0.15, 0.2) is 24.3 Å². The topological polar surface area (TPSA) is 119 Å². The third-order valence-corrected chi connectivity index (χ3v) is 3.78. The minimum atomic E-state index is -0.913.